The number of carbonyl (C=O) groups is 2. The molecule has 1 aromatic heterocycles. The van der Waals surface area contributed by atoms with Gasteiger partial charge in [-0.05, 0) is 61.2 Å². The lowest BCUT2D eigenvalue weighted by Gasteiger charge is -2.11. The number of aromatic nitrogens is 2. The summed E-state index contributed by atoms with van der Waals surface area (Å²) in [5.41, 5.74) is 5.54. The van der Waals surface area contributed by atoms with Crippen molar-refractivity contribution in [1.29, 1.82) is 0 Å². The van der Waals surface area contributed by atoms with Crippen molar-refractivity contribution in [1.82, 2.24) is 9.78 Å². The average molecular weight is 423 g/mol. The Morgan fingerprint density at radius 1 is 1.17 bits per heavy atom. The average Bonchev–Trinajstić information content (AvgIpc) is 3.17. The van der Waals surface area contributed by atoms with Crippen molar-refractivity contribution < 1.29 is 9.59 Å². The van der Waals surface area contributed by atoms with E-state index in [0.29, 0.717) is 17.3 Å². The lowest BCUT2D eigenvalue weighted by molar-refractivity contribution is -0.123. The van der Waals surface area contributed by atoms with Crippen LogP contribution in [0.3, 0.4) is 0 Å². The van der Waals surface area contributed by atoms with E-state index in [-0.39, 0.29) is 18.2 Å². The highest BCUT2D eigenvalue weighted by molar-refractivity contribution is 6.30. The third-order valence-electron chi connectivity index (χ3n) is 5.17. The Balaban J connectivity index is 1.61. The summed E-state index contributed by atoms with van der Waals surface area (Å²) < 4.78 is 1.65. The lowest BCUT2D eigenvalue weighted by Crippen LogP contribution is -2.24. The number of carbonyl (C=O) groups excluding carboxylic acids is 2. The van der Waals surface area contributed by atoms with Crippen LogP contribution in [0.4, 0.5) is 11.5 Å². The van der Waals surface area contributed by atoms with Crippen LogP contribution < -0.4 is 10.6 Å². The number of amides is 2. The van der Waals surface area contributed by atoms with Crippen molar-refractivity contribution in [2.24, 2.45) is 0 Å². The fraction of sp³-hybridized carbons (Fsp3) is 0.261. The third-order valence-corrected chi connectivity index (χ3v) is 5.43. The largest absolute Gasteiger partial charge is 0.326 e. The molecule has 2 amide bonds. The first-order valence-corrected chi connectivity index (χ1v) is 10.3. The van der Waals surface area contributed by atoms with Gasteiger partial charge in [-0.15, -0.1) is 0 Å². The van der Waals surface area contributed by atoms with Gasteiger partial charge in [-0.1, -0.05) is 36.7 Å². The second-order valence-corrected chi connectivity index (χ2v) is 8.05. The number of aryl methyl sites for hydroxylation is 3. The van der Waals surface area contributed by atoms with Gasteiger partial charge < -0.3 is 10.6 Å². The highest BCUT2D eigenvalue weighted by Crippen LogP contribution is 2.39. The maximum absolute atomic E-state index is 12.7. The number of halogens is 1. The molecule has 0 aliphatic carbocycles. The number of hydrogen-bond donors (Lipinski definition) is 2. The molecule has 1 aliphatic heterocycles. The van der Waals surface area contributed by atoms with E-state index in [9.17, 15) is 9.59 Å². The van der Waals surface area contributed by atoms with E-state index in [1.807, 2.05) is 63.2 Å². The Morgan fingerprint density at radius 3 is 2.47 bits per heavy atom. The molecule has 2 aromatic carbocycles. The first-order chi connectivity index (χ1) is 14.4. The highest BCUT2D eigenvalue weighted by atomic mass is 35.5. The normalized spacial score (nSPS) is 15.1. The van der Waals surface area contributed by atoms with Gasteiger partial charge in [0.25, 0.3) is 5.91 Å². The summed E-state index contributed by atoms with van der Waals surface area (Å²) in [6.45, 7) is 5.97. The molecule has 4 rings (SSSR count). The van der Waals surface area contributed by atoms with Gasteiger partial charge in [-0.2, -0.15) is 5.10 Å². The minimum absolute atomic E-state index is 0.0106. The summed E-state index contributed by atoms with van der Waals surface area (Å²) >= 11 is 6.02. The van der Waals surface area contributed by atoms with Crippen molar-refractivity contribution in [3.63, 3.8) is 0 Å². The molecule has 0 saturated carbocycles. The lowest BCUT2D eigenvalue weighted by atomic mass is 10.0. The molecule has 6 nitrogen and oxygen atoms in total. The Bertz CT molecular complexity index is 1110. The van der Waals surface area contributed by atoms with Gasteiger partial charge in [0.2, 0.25) is 5.91 Å². The van der Waals surface area contributed by atoms with Crippen LogP contribution in [0.5, 0.6) is 0 Å². The number of nitrogens with zero attached hydrogens (tertiary/aromatic N) is 2. The second kappa shape index (κ2) is 7.95. The summed E-state index contributed by atoms with van der Waals surface area (Å²) in [7, 11) is 0. The molecule has 0 radical (unpaired) electrons. The minimum atomic E-state index is -0.683. The number of anilines is 2. The van der Waals surface area contributed by atoms with Crippen LogP contribution in [0.15, 0.2) is 42.5 Å². The summed E-state index contributed by atoms with van der Waals surface area (Å²) in [5.74, 6) is 0.170. The van der Waals surface area contributed by atoms with Gasteiger partial charge in [0, 0.05) is 16.3 Å². The molecule has 2 N–H and O–H groups in total. The van der Waals surface area contributed by atoms with Crippen LogP contribution in [0.1, 0.15) is 36.2 Å². The molecular weight excluding hydrogens is 400 g/mol. The van der Waals surface area contributed by atoms with Crippen molar-refractivity contribution in [3.05, 3.63) is 64.3 Å². The molecule has 1 atom stereocenters. The molecule has 0 bridgehead atoms. The fourth-order valence-electron chi connectivity index (χ4n) is 3.92. The number of nitrogens with one attached hydrogen (secondary N) is 2. The number of benzene rings is 2. The first-order valence-electron chi connectivity index (χ1n) is 9.92. The molecular formula is C23H23ClN4O2. The van der Waals surface area contributed by atoms with E-state index in [4.69, 9.17) is 11.6 Å². The van der Waals surface area contributed by atoms with E-state index in [1.54, 1.807) is 4.68 Å². The maximum atomic E-state index is 12.7. The Labute approximate surface area is 180 Å². The van der Waals surface area contributed by atoms with Crippen molar-refractivity contribution in [2.75, 3.05) is 10.6 Å². The van der Waals surface area contributed by atoms with E-state index in [0.717, 1.165) is 33.6 Å². The molecule has 0 spiro atoms. The zero-order chi connectivity index (χ0) is 21.4. The van der Waals surface area contributed by atoms with Crippen LogP contribution in [0, 0.1) is 13.8 Å². The molecule has 30 heavy (non-hydrogen) atoms. The van der Waals surface area contributed by atoms with E-state index < -0.39 is 6.04 Å². The van der Waals surface area contributed by atoms with Gasteiger partial charge in [-0.3, -0.25) is 9.59 Å². The Morgan fingerprint density at radius 2 is 1.83 bits per heavy atom. The quantitative estimate of drug-likeness (QED) is 0.613. The predicted molar refractivity (Wildman–Crippen MR) is 119 cm³/mol. The van der Waals surface area contributed by atoms with Crippen LogP contribution in [0.25, 0.3) is 11.1 Å². The van der Waals surface area contributed by atoms with E-state index >= 15 is 0 Å². The predicted octanol–water partition coefficient (Wildman–Crippen LogP) is 4.90. The number of hydrogen-bond acceptors (Lipinski definition) is 3. The molecule has 3 aromatic rings. The smallest absolute Gasteiger partial charge is 0.251 e. The molecule has 0 saturated heterocycles. The van der Waals surface area contributed by atoms with Crippen molar-refractivity contribution in [3.8, 4) is 11.1 Å². The van der Waals surface area contributed by atoms with Crippen LogP contribution >= 0.6 is 11.6 Å². The molecule has 154 valence electrons. The van der Waals surface area contributed by atoms with Gasteiger partial charge in [0.1, 0.15) is 11.9 Å². The molecule has 2 heterocycles. The summed E-state index contributed by atoms with van der Waals surface area (Å²) in [5, 5.41) is 11.1. The van der Waals surface area contributed by atoms with E-state index in [2.05, 4.69) is 15.7 Å². The molecule has 0 fully saturated rings. The van der Waals surface area contributed by atoms with Crippen molar-refractivity contribution >= 4 is 34.9 Å². The van der Waals surface area contributed by atoms with E-state index in [1.165, 1.54) is 0 Å². The maximum Gasteiger partial charge on any atom is 0.251 e. The second-order valence-electron chi connectivity index (χ2n) is 7.61. The van der Waals surface area contributed by atoms with Gasteiger partial charge in [-0.25, -0.2) is 4.68 Å². The summed E-state index contributed by atoms with van der Waals surface area (Å²) in [6, 6.07) is 12.6. The Hall–Kier alpha value is -3.12. The van der Waals surface area contributed by atoms with Gasteiger partial charge >= 0.3 is 0 Å². The van der Waals surface area contributed by atoms with Crippen LogP contribution in [-0.4, -0.2) is 21.6 Å². The van der Waals surface area contributed by atoms with Gasteiger partial charge in [0.05, 0.1) is 12.1 Å². The highest BCUT2D eigenvalue weighted by Gasteiger charge is 2.36. The third kappa shape index (κ3) is 3.83. The Kier molecular flexibility index (Phi) is 5.35. The fourth-order valence-corrected chi connectivity index (χ4v) is 4.04. The standard InChI is InChI=1S/C23H23ClN4O2/c1-4-18-21(15-5-7-16(24)8-6-15)22-26-23(30)19(28(22)27-18)12-20(29)25-17-10-13(2)9-14(3)11-17/h5-11,19H,4,12H2,1-3H3,(H,25,29)(H,26,30). The zero-order valence-corrected chi connectivity index (χ0v) is 17.9. The first kappa shape index (κ1) is 20.2. The van der Waals surface area contributed by atoms with Crippen LogP contribution in [0.2, 0.25) is 5.02 Å². The molecule has 7 heteroatoms. The number of rotatable bonds is 5. The topological polar surface area (TPSA) is 76.0 Å². The summed E-state index contributed by atoms with van der Waals surface area (Å²) in [6.07, 6.45) is 0.714. The molecule has 1 unspecified atom stereocenters. The van der Waals surface area contributed by atoms with Crippen molar-refractivity contribution in [2.45, 2.75) is 39.7 Å². The van der Waals surface area contributed by atoms with Gasteiger partial charge in [0.15, 0.2) is 0 Å². The SMILES string of the molecule is CCc1nn2c(c1-c1ccc(Cl)cc1)NC(=O)C2CC(=O)Nc1cc(C)cc(C)c1. The zero-order valence-electron chi connectivity index (χ0n) is 17.1. The molecule has 1 aliphatic rings. The number of fused-ring (bicyclic) bond motifs is 1. The minimum Gasteiger partial charge on any atom is -0.326 e. The van der Waals surface area contributed by atoms with Crippen LogP contribution in [-0.2, 0) is 16.0 Å². The monoisotopic (exact) mass is 422 g/mol. The summed E-state index contributed by atoms with van der Waals surface area (Å²) in [4.78, 5) is 25.3.